The van der Waals surface area contributed by atoms with E-state index in [1.54, 1.807) is 0 Å². The number of nitrogens with two attached hydrogens (primary N) is 1. The Kier molecular flexibility index (Phi) is 5.02. The number of nitrogen functional groups attached to an aromatic ring is 1. The highest BCUT2D eigenvalue weighted by Crippen LogP contribution is 2.29. The van der Waals surface area contributed by atoms with Crippen LogP contribution in [-0.4, -0.2) is 54.3 Å². The van der Waals surface area contributed by atoms with E-state index in [1.807, 2.05) is 17.5 Å². The van der Waals surface area contributed by atoms with Crippen molar-refractivity contribution < 1.29 is 4.74 Å². The molecule has 8 heteroatoms. The Balaban J connectivity index is 1.74. The van der Waals surface area contributed by atoms with Gasteiger partial charge in [0, 0.05) is 26.2 Å². The van der Waals surface area contributed by atoms with Gasteiger partial charge >= 0.3 is 0 Å². The van der Waals surface area contributed by atoms with E-state index in [1.165, 1.54) is 11.3 Å². The van der Waals surface area contributed by atoms with Gasteiger partial charge in [0.05, 0.1) is 18.1 Å². The summed E-state index contributed by atoms with van der Waals surface area (Å²) < 4.78 is 5.33. The van der Waals surface area contributed by atoms with Crippen LogP contribution in [-0.2, 0) is 4.74 Å². The molecule has 0 bridgehead atoms. The second-order valence-electron chi connectivity index (χ2n) is 5.12. The zero-order valence-electron chi connectivity index (χ0n) is 12.7. The Bertz CT molecular complexity index is 691. The lowest BCUT2D eigenvalue weighted by Crippen LogP contribution is -2.39. The third kappa shape index (κ3) is 3.76. The van der Waals surface area contributed by atoms with Gasteiger partial charge in [-0.25, -0.2) is 4.98 Å². The van der Waals surface area contributed by atoms with Gasteiger partial charge in [0.1, 0.15) is 23.1 Å². The van der Waals surface area contributed by atoms with Crippen LogP contribution in [0.25, 0.3) is 10.6 Å². The fraction of sp³-hybridized carbons (Fsp3) is 0.400. The standard InChI is InChI=1S/C15H18N6OS/c16-10-11-13(12-2-1-9-23-12)19-15(17)20-14(11)18-3-4-21-5-7-22-8-6-21/h1-2,9H,3-8H2,(H3,17,18,19,20). The predicted molar refractivity (Wildman–Crippen MR) is 90.2 cm³/mol. The van der Waals surface area contributed by atoms with Crippen LogP contribution in [0.15, 0.2) is 17.5 Å². The molecule has 0 aromatic carbocycles. The van der Waals surface area contributed by atoms with Crippen LogP contribution in [0.1, 0.15) is 5.56 Å². The lowest BCUT2D eigenvalue weighted by molar-refractivity contribution is 0.0398. The van der Waals surface area contributed by atoms with E-state index in [4.69, 9.17) is 10.5 Å². The third-order valence-corrected chi connectivity index (χ3v) is 4.49. The molecule has 0 spiro atoms. The number of nitrogens with zero attached hydrogens (tertiary/aromatic N) is 4. The van der Waals surface area contributed by atoms with Crippen LogP contribution in [0.4, 0.5) is 11.8 Å². The molecule has 0 aliphatic carbocycles. The van der Waals surface area contributed by atoms with Crippen LogP contribution in [0.5, 0.6) is 0 Å². The van der Waals surface area contributed by atoms with Crippen molar-refractivity contribution in [2.75, 3.05) is 50.4 Å². The molecule has 1 fully saturated rings. The zero-order valence-corrected chi connectivity index (χ0v) is 13.5. The van der Waals surface area contributed by atoms with Crippen molar-refractivity contribution >= 4 is 23.1 Å². The number of hydrogen-bond donors (Lipinski definition) is 2. The number of rotatable bonds is 5. The quantitative estimate of drug-likeness (QED) is 0.854. The number of ether oxygens (including phenoxy) is 1. The summed E-state index contributed by atoms with van der Waals surface area (Å²) in [5.41, 5.74) is 6.83. The Morgan fingerprint density at radius 2 is 2.22 bits per heavy atom. The average Bonchev–Trinajstić information content (AvgIpc) is 3.10. The summed E-state index contributed by atoms with van der Waals surface area (Å²) in [6.07, 6.45) is 0. The van der Waals surface area contributed by atoms with Crippen LogP contribution < -0.4 is 11.1 Å². The van der Waals surface area contributed by atoms with Gasteiger partial charge in [-0.1, -0.05) is 6.07 Å². The summed E-state index contributed by atoms with van der Waals surface area (Å²) in [7, 11) is 0. The Hall–Kier alpha value is -2.21. The minimum Gasteiger partial charge on any atom is -0.379 e. The third-order valence-electron chi connectivity index (χ3n) is 3.62. The second-order valence-corrected chi connectivity index (χ2v) is 6.07. The number of nitrogens with one attached hydrogen (secondary N) is 1. The zero-order chi connectivity index (χ0) is 16.1. The van der Waals surface area contributed by atoms with Gasteiger partial charge in [-0.2, -0.15) is 10.2 Å². The molecule has 0 amide bonds. The normalized spacial score (nSPS) is 15.3. The summed E-state index contributed by atoms with van der Waals surface area (Å²) in [6.45, 7) is 4.96. The fourth-order valence-corrected chi connectivity index (χ4v) is 3.18. The summed E-state index contributed by atoms with van der Waals surface area (Å²) in [5, 5.41) is 14.7. The summed E-state index contributed by atoms with van der Waals surface area (Å²) >= 11 is 1.52. The van der Waals surface area contributed by atoms with Crippen molar-refractivity contribution in [3.63, 3.8) is 0 Å². The van der Waals surface area contributed by atoms with E-state index in [2.05, 4.69) is 26.3 Å². The van der Waals surface area contributed by atoms with E-state index in [-0.39, 0.29) is 5.95 Å². The minimum atomic E-state index is 0.168. The van der Waals surface area contributed by atoms with Crippen LogP contribution in [0.3, 0.4) is 0 Å². The molecular formula is C15H18N6OS. The molecular weight excluding hydrogens is 312 g/mol. The molecule has 0 unspecified atom stereocenters. The largest absolute Gasteiger partial charge is 0.379 e. The molecule has 2 aromatic heterocycles. The molecule has 3 heterocycles. The van der Waals surface area contributed by atoms with Crippen molar-refractivity contribution in [2.45, 2.75) is 0 Å². The van der Waals surface area contributed by atoms with Gasteiger partial charge in [0.25, 0.3) is 0 Å². The van der Waals surface area contributed by atoms with E-state index in [9.17, 15) is 5.26 Å². The first-order chi connectivity index (χ1) is 11.3. The molecule has 2 aromatic rings. The molecule has 1 aliphatic rings. The maximum Gasteiger partial charge on any atom is 0.222 e. The Labute approximate surface area is 138 Å². The van der Waals surface area contributed by atoms with Crippen molar-refractivity contribution in [3.05, 3.63) is 23.1 Å². The van der Waals surface area contributed by atoms with Crippen molar-refractivity contribution in [2.24, 2.45) is 0 Å². The first-order valence-corrected chi connectivity index (χ1v) is 8.31. The van der Waals surface area contributed by atoms with Gasteiger partial charge in [-0.05, 0) is 11.4 Å². The average molecular weight is 330 g/mol. The fourth-order valence-electron chi connectivity index (χ4n) is 2.46. The molecule has 0 atom stereocenters. The SMILES string of the molecule is N#Cc1c(NCCN2CCOCC2)nc(N)nc1-c1cccs1. The molecule has 0 radical (unpaired) electrons. The number of aromatic nitrogens is 2. The van der Waals surface area contributed by atoms with Gasteiger partial charge < -0.3 is 15.8 Å². The van der Waals surface area contributed by atoms with E-state index < -0.39 is 0 Å². The van der Waals surface area contributed by atoms with Gasteiger partial charge in [0.2, 0.25) is 5.95 Å². The van der Waals surface area contributed by atoms with Crippen LogP contribution in [0, 0.1) is 11.3 Å². The summed E-state index contributed by atoms with van der Waals surface area (Å²) in [6, 6.07) is 6.04. The maximum absolute atomic E-state index is 9.50. The molecule has 1 saturated heterocycles. The smallest absolute Gasteiger partial charge is 0.222 e. The monoisotopic (exact) mass is 330 g/mol. The van der Waals surface area contributed by atoms with Crippen molar-refractivity contribution in [1.82, 2.24) is 14.9 Å². The number of anilines is 2. The lowest BCUT2D eigenvalue weighted by Gasteiger charge is -2.26. The highest BCUT2D eigenvalue weighted by atomic mass is 32.1. The van der Waals surface area contributed by atoms with E-state index in [0.717, 1.165) is 37.7 Å². The first-order valence-electron chi connectivity index (χ1n) is 7.43. The number of hydrogen-bond acceptors (Lipinski definition) is 8. The molecule has 120 valence electrons. The van der Waals surface area contributed by atoms with Crippen molar-refractivity contribution in [1.29, 1.82) is 5.26 Å². The molecule has 3 rings (SSSR count). The topological polar surface area (TPSA) is 100 Å². The van der Waals surface area contributed by atoms with Crippen LogP contribution in [0.2, 0.25) is 0 Å². The molecule has 7 nitrogen and oxygen atoms in total. The van der Waals surface area contributed by atoms with Gasteiger partial charge in [0.15, 0.2) is 0 Å². The Morgan fingerprint density at radius 3 is 2.91 bits per heavy atom. The molecule has 3 N–H and O–H groups in total. The molecule has 0 saturated carbocycles. The highest BCUT2D eigenvalue weighted by Gasteiger charge is 2.16. The van der Waals surface area contributed by atoms with Crippen LogP contribution >= 0.6 is 11.3 Å². The highest BCUT2D eigenvalue weighted by molar-refractivity contribution is 7.13. The summed E-state index contributed by atoms with van der Waals surface area (Å²) in [4.78, 5) is 11.6. The lowest BCUT2D eigenvalue weighted by atomic mass is 10.2. The van der Waals surface area contributed by atoms with E-state index in [0.29, 0.717) is 23.6 Å². The summed E-state index contributed by atoms with van der Waals surface area (Å²) in [5.74, 6) is 0.665. The van der Waals surface area contributed by atoms with E-state index >= 15 is 0 Å². The number of morpholine rings is 1. The number of thiophene rings is 1. The first kappa shape index (κ1) is 15.7. The van der Waals surface area contributed by atoms with Crippen molar-refractivity contribution in [3.8, 4) is 16.6 Å². The predicted octanol–water partition coefficient (Wildman–Crippen LogP) is 1.40. The van der Waals surface area contributed by atoms with Gasteiger partial charge in [-0.15, -0.1) is 11.3 Å². The number of nitriles is 1. The second kappa shape index (κ2) is 7.37. The minimum absolute atomic E-state index is 0.168. The maximum atomic E-state index is 9.50. The molecule has 1 aliphatic heterocycles. The molecule has 23 heavy (non-hydrogen) atoms. The Morgan fingerprint density at radius 1 is 1.39 bits per heavy atom. The van der Waals surface area contributed by atoms with Gasteiger partial charge in [-0.3, -0.25) is 4.90 Å².